The molecule has 2 N–H and O–H groups in total. The van der Waals surface area contributed by atoms with E-state index < -0.39 is 0 Å². The van der Waals surface area contributed by atoms with Crippen LogP contribution in [0.5, 0.6) is 5.75 Å². The van der Waals surface area contributed by atoms with Gasteiger partial charge >= 0.3 is 6.03 Å². The molecule has 3 rings (SSSR count). The van der Waals surface area contributed by atoms with Crippen molar-refractivity contribution in [2.24, 2.45) is 0 Å². The molecule has 1 aromatic rings. The fourth-order valence-electron chi connectivity index (χ4n) is 3.57. The number of nitrogens with one attached hydrogen (secondary N) is 2. The minimum Gasteiger partial charge on any atom is -0.497 e. The van der Waals surface area contributed by atoms with Crippen molar-refractivity contribution in [2.75, 3.05) is 13.7 Å². The molecule has 4 nitrogen and oxygen atoms in total. The Bertz CT molecular complexity index is 515. The number of rotatable bonds is 5. The van der Waals surface area contributed by atoms with Gasteiger partial charge in [-0.05, 0) is 43.4 Å². The topological polar surface area (TPSA) is 50.4 Å². The van der Waals surface area contributed by atoms with E-state index in [-0.39, 0.29) is 11.4 Å². The van der Waals surface area contributed by atoms with E-state index in [0.717, 1.165) is 38.0 Å². The van der Waals surface area contributed by atoms with E-state index in [1.165, 1.54) is 31.2 Å². The summed E-state index contributed by atoms with van der Waals surface area (Å²) in [6.45, 7) is 0.720. The van der Waals surface area contributed by atoms with Crippen molar-refractivity contribution in [1.29, 1.82) is 0 Å². The molecule has 0 bridgehead atoms. The van der Waals surface area contributed by atoms with E-state index in [0.29, 0.717) is 6.04 Å². The highest BCUT2D eigenvalue weighted by Gasteiger charge is 2.44. The summed E-state index contributed by atoms with van der Waals surface area (Å²) >= 11 is 0. The van der Waals surface area contributed by atoms with E-state index in [9.17, 15) is 4.79 Å². The molecule has 2 aliphatic carbocycles. The molecule has 1 aromatic carbocycles. The third-order valence-electron chi connectivity index (χ3n) is 5.33. The van der Waals surface area contributed by atoms with Crippen LogP contribution in [0, 0.1) is 0 Å². The second-order valence-corrected chi connectivity index (χ2v) is 7.02. The van der Waals surface area contributed by atoms with Gasteiger partial charge in [0.15, 0.2) is 0 Å². The van der Waals surface area contributed by atoms with Crippen LogP contribution in [-0.4, -0.2) is 25.7 Å². The van der Waals surface area contributed by atoms with Gasteiger partial charge in [0.25, 0.3) is 0 Å². The van der Waals surface area contributed by atoms with Crippen molar-refractivity contribution in [3.8, 4) is 5.75 Å². The van der Waals surface area contributed by atoms with Gasteiger partial charge in [0, 0.05) is 18.0 Å². The lowest BCUT2D eigenvalue weighted by molar-refractivity contribution is 0.234. The highest BCUT2D eigenvalue weighted by Crippen LogP contribution is 2.47. The summed E-state index contributed by atoms with van der Waals surface area (Å²) in [7, 11) is 1.68. The Labute approximate surface area is 139 Å². The number of hydrogen-bond donors (Lipinski definition) is 2. The number of ether oxygens (including phenoxy) is 1. The average Bonchev–Trinajstić information content (AvgIpc) is 3.39. The summed E-state index contributed by atoms with van der Waals surface area (Å²) < 4.78 is 5.22. The monoisotopic (exact) mass is 316 g/mol. The zero-order valence-electron chi connectivity index (χ0n) is 14.1. The molecular formula is C19H28N2O2. The van der Waals surface area contributed by atoms with Gasteiger partial charge in [-0.15, -0.1) is 0 Å². The highest BCUT2D eigenvalue weighted by molar-refractivity contribution is 5.74. The van der Waals surface area contributed by atoms with Gasteiger partial charge in [0.1, 0.15) is 5.75 Å². The average molecular weight is 316 g/mol. The molecule has 126 valence electrons. The van der Waals surface area contributed by atoms with Crippen molar-refractivity contribution in [3.05, 3.63) is 29.8 Å². The quantitative estimate of drug-likeness (QED) is 0.813. The van der Waals surface area contributed by atoms with Crippen LogP contribution in [0.4, 0.5) is 4.79 Å². The number of benzene rings is 1. The lowest BCUT2D eigenvalue weighted by Gasteiger charge is -2.20. The Balaban J connectivity index is 1.49. The van der Waals surface area contributed by atoms with E-state index in [1.54, 1.807) is 7.11 Å². The van der Waals surface area contributed by atoms with Crippen molar-refractivity contribution >= 4 is 6.03 Å². The number of methoxy groups -OCH3 is 1. The Morgan fingerprint density at radius 3 is 2.35 bits per heavy atom. The first kappa shape index (κ1) is 16.2. The van der Waals surface area contributed by atoms with Gasteiger partial charge in [0.05, 0.1) is 7.11 Å². The summed E-state index contributed by atoms with van der Waals surface area (Å²) in [6, 6.07) is 8.60. The van der Waals surface area contributed by atoms with Crippen LogP contribution in [0.15, 0.2) is 24.3 Å². The van der Waals surface area contributed by atoms with Crippen LogP contribution in [0.2, 0.25) is 0 Å². The molecule has 0 saturated heterocycles. The number of hydrogen-bond acceptors (Lipinski definition) is 2. The Morgan fingerprint density at radius 2 is 1.78 bits per heavy atom. The summed E-state index contributed by atoms with van der Waals surface area (Å²) in [6.07, 6.45) is 9.61. The fourth-order valence-corrected chi connectivity index (χ4v) is 3.57. The van der Waals surface area contributed by atoms with Crippen molar-refractivity contribution in [2.45, 2.75) is 62.8 Å². The first-order valence-electron chi connectivity index (χ1n) is 8.91. The predicted octanol–water partition coefficient (Wildman–Crippen LogP) is 3.75. The number of carbonyl (C=O) groups excluding carboxylic acids is 1. The summed E-state index contributed by atoms with van der Waals surface area (Å²) in [5.41, 5.74) is 1.43. The van der Waals surface area contributed by atoms with Crippen LogP contribution in [0.3, 0.4) is 0 Å². The largest absolute Gasteiger partial charge is 0.497 e. The summed E-state index contributed by atoms with van der Waals surface area (Å²) in [5.74, 6) is 0.878. The minimum absolute atomic E-state index is 0.00307. The normalized spacial score (nSPS) is 20.4. The number of urea groups is 1. The molecular weight excluding hydrogens is 288 g/mol. The lowest BCUT2D eigenvalue weighted by Crippen LogP contribution is -2.44. The van der Waals surface area contributed by atoms with Gasteiger partial charge in [-0.25, -0.2) is 4.79 Å². The van der Waals surface area contributed by atoms with Crippen LogP contribution in [0.25, 0.3) is 0 Å². The van der Waals surface area contributed by atoms with E-state index in [4.69, 9.17) is 4.74 Å². The van der Waals surface area contributed by atoms with Gasteiger partial charge in [-0.1, -0.05) is 37.8 Å². The van der Waals surface area contributed by atoms with E-state index in [1.807, 2.05) is 12.1 Å². The molecule has 2 saturated carbocycles. The Kier molecular flexibility index (Phi) is 5.09. The van der Waals surface area contributed by atoms with Gasteiger partial charge in [0.2, 0.25) is 0 Å². The van der Waals surface area contributed by atoms with Crippen LogP contribution < -0.4 is 15.4 Å². The van der Waals surface area contributed by atoms with Crippen molar-refractivity contribution in [1.82, 2.24) is 10.6 Å². The Morgan fingerprint density at radius 1 is 1.13 bits per heavy atom. The summed E-state index contributed by atoms with van der Waals surface area (Å²) in [5, 5.41) is 6.26. The molecule has 2 fully saturated rings. The van der Waals surface area contributed by atoms with Crippen LogP contribution >= 0.6 is 0 Å². The molecule has 4 heteroatoms. The maximum absolute atomic E-state index is 12.2. The molecule has 0 heterocycles. The third-order valence-corrected chi connectivity index (χ3v) is 5.33. The van der Waals surface area contributed by atoms with E-state index in [2.05, 4.69) is 22.8 Å². The zero-order valence-corrected chi connectivity index (χ0v) is 14.1. The first-order chi connectivity index (χ1) is 11.2. The SMILES string of the molecule is COc1ccc(C2(CNC(=O)NC3CCCCCC3)CC2)cc1. The van der Waals surface area contributed by atoms with Gasteiger partial charge in [-0.3, -0.25) is 0 Å². The maximum atomic E-state index is 12.2. The molecule has 2 amide bonds. The van der Waals surface area contributed by atoms with Crippen LogP contribution in [-0.2, 0) is 5.41 Å². The molecule has 23 heavy (non-hydrogen) atoms. The first-order valence-corrected chi connectivity index (χ1v) is 8.91. The van der Waals surface area contributed by atoms with Crippen molar-refractivity contribution in [3.63, 3.8) is 0 Å². The maximum Gasteiger partial charge on any atom is 0.315 e. The van der Waals surface area contributed by atoms with Gasteiger partial charge < -0.3 is 15.4 Å². The minimum atomic E-state index is -0.00307. The molecule has 0 radical (unpaired) electrons. The molecule has 2 aliphatic rings. The molecule has 0 aromatic heterocycles. The van der Waals surface area contributed by atoms with Crippen molar-refractivity contribution < 1.29 is 9.53 Å². The second kappa shape index (κ2) is 7.24. The standard InChI is InChI=1S/C19H28N2O2/c1-23-17-10-8-15(9-11-17)19(12-13-19)14-20-18(22)21-16-6-4-2-3-5-7-16/h8-11,16H,2-7,12-14H2,1H3,(H2,20,21,22). The van der Waals surface area contributed by atoms with Gasteiger partial charge in [-0.2, -0.15) is 0 Å². The molecule has 0 unspecified atom stereocenters. The number of carbonyl (C=O) groups is 1. The zero-order chi connectivity index (χ0) is 16.1. The predicted molar refractivity (Wildman–Crippen MR) is 91.9 cm³/mol. The van der Waals surface area contributed by atoms with E-state index >= 15 is 0 Å². The summed E-state index contributed by atoms with van der Waals surface area (Å²) in [4.78, 5) is 12.2. The highest BCUT2D eigenvalue weighted by atomic mass is 16.5. The lowest BCUT2D eigenvalue weighted by atomic mass is 9.96. The molecule has 0 atom stereocenters. The van der Waals surface area contributed by atoms with Crippen LogP contribution in [0.1, 0.15) is 56.9 Å². The second-order valence-electron chi connectivity index (χ2n) is 7.02. The smallest absolute Gasteiger partial charge is 0.315 e. The molecule has 0 aliphatic heterocycles. The third kappa shape index (κ3) is 4.18. The number of amides is 2. The fraction of sp³-hybridized carbons (Fsp3) is 0.632. The Hall–Kier alpha value is -1.71. The molecule has 0 spiro atoms.